The minimum atomic E-state index is -0.737. The van der Waals surface area contributed by atoms with Gasteiger partial charge in [0.15, 0.2) is 5.76 Å². The summed E-state index contributed by atoms with van der Waals surface area (Å²) < 4.78 is 5.79. The van der Waals surface area contributed by atoms with Crippen LogP contribution in [0, 0.1) is 6.92 Å². The molecule has 7 nitrogen and oxygen atoms in total. The lowest BCUT2D eigenvalue weighted by Gasteiger charge is -2.21. The maximum absolute atomic E-state index is 11.6. The Morgan fingerprint density at radius 1 is 0.892 bits per heavy atom. The van der Waals surface area contributed by atoms with E-state index >= 15 is 0 Å². The lowest BCUT2D eigenvalue weighted by Crippen LogP contribution is -2.32. The molecular formula is C30H26N4O3. The minimum absolute atomic E-state index is 0.577. The number of aryl methyl sites for hydroxylation is 1. The Morgan fingerprint density at radius 3 is 2.14 bits per heavy atom. The second-order valence-corrected chi connectivity index (χ2v) is 9.99. The summed E-state index contributed by atoms with van der Waals surface area (Å²) in [5.74, 6) is -0.0156. The van der Waals surface area contributed by atoms with Crippen LogP contribution >= 0.6 is 0 Å². The molecule has 1 atom stereocenters. The van der Waals surface area contributed by atoms with E-state index in [1.54, 1.807) is 0 Å². The van der Waals surface area contributed by atoms with Gasteiger partial charge in [-0.05, 0) is 47.2 Å². The maximum atomic E-state index is 11.6. The molecule has 3 aromatic carbocycles. The summed E-state index contributed by atoms with van der Waals surface area (Å²) in [4.78, 5) is 11.6. The quantitative estimate of drug-likeness (QED) is 0.308. The lowest BCUT2D eigenvalue weighted by atomic mass is 9.85. The van der Waals surface area contributed by atoms with Crippen molar-refractivity contribution in [2.45, 2.75) is 43.6 Å². The fourth-order valence-electron chi connectivity index (χ4n) is 5.12. The van der Waals surface area contributed by atoms with E-state index in [0.29, 0.717) is 25.7 Å². The number of aliphatic carboxylic acids is 1. The summed E-state index contributed by atoms with van der Waals surface area (Å²) >= 11 is 0. The second-order valence-electron chi connectivity index (χ2n) is 9.99. The van der Waals surface area contributed by atoms with Crippen molar-refractivity contribution in [3.8, 4) is 22.5 Å². The van der Waals surface area contributed by atoms with E-state index in [1.807, 2.05) is 79.9 Å². The highest BCUT2D eigenvalue weighted by Gasteiger charge is 2.51. The number of carbonyl (C=O) groups is 1. The van der Waals surface area contributed by atoms with E-state index < -0.39 is 16.9 Å². The van der Waals surface area contributed by atoms with Gasteiger partial charge in [0.25, 0.3) is 0 Å². The van der Waals surface area contributed by atoms with Crippen LogP contribution in [-0.4, -0.2) is 28.0 Å². The Hall–Kier alpha value is -4.39. The van der Waals surface area contributed by atoms with Crippen molar-refractivity contribution >= 4 is 12.2 Å². The topological polar surface area (TPSA) is 100 Å². The van der Waals surface area contributed by atoms with Gasteiger partial charge in [0.05, 0.1) is 17.3 Å². The van der Waals surface area contributed by atoms with Crippen LogP contribution in [0.3, 0.4) is 0 Å². The first kappa shape index (κ1) is 23.0. The number of hydrogen-bond acceptors (Lipinski definition) is 6. The first-order chi connectivity index (χ1) is 18.0. The second kappa shape index (κ2) is 8.92. The van der Waals surface area contributed by atoms with Gasteiger partial charge < -0.3 is 9.63 Å². The molecule has 1 aliphatic heterocycles. The molecule has 1 aliphatic carbocycles. The normalized spacial score (nSPS) is 19.3. The summed E-state index contributed by atoms with van der Waals surface area (Å²) in [6, 6.07) is 26.2. The summed E-state index contributed by atoms with van der Waals surface area (Å²) in [6.45, 7) is 1.95. The monoisotopic (exact) mass is 490 g/mol. The van der Waals surface area contributed by atoms with Crippen molar-refractivity contribution in [3.63, 3.8) is 0 Å². The lowest BCUT2D eigenvalue weighted by molar-refractivity contribution is -0.140. The van der Waals surface area contributed by atoms with Crippen LogP contribution < -0.4 is 0 Å². The smallest absolute Gasteiger partial charge is 0.314 e. The fraction of sp³-hybridized carbons (Fsp3) is 0.233. The summed E-state index contributed by atoms with van der Waals surface area (Å²) in [5.41, 5.74) is 5.60. The Labute approximate surface area is 214 Å². The summed E-state index contributed by atoms with van der Waals surface area (Å²) in [5, 5.41) is 26.3. The van der Waals surface area contributed by atoms with E-state index in [1.165, 1.54) is 0 Å². The largest absolute Gasteiger partial charge is 0.481 e. The molecule has 1 aromatic heterocycles. The van der Waals surface area contributed by atoms with E-state index in [2.05, 4.69) is 32.7 Å². The molecule has 1 unspecified atom stereocenters. The molecular weight excluding hydrogens is 464 g/mol. The Morgan fingerprint density at radius 2 is 1.54 bits per heavy atom. The van der Waals surface area contributed by atoms with Gasteiger partial charge in [-0.25, -0.2) is 0 Å². The SMILES string of the molecule is Cc1noc(-c2ccc(-c3ccc(C4(C(=O)O)CC4)cc3)cc2)c1CC1(Cc2ccccc2)C=NN=N1. The zero-order chi connectivity index (χ0) is 25.5. The van der Waals surface area contributed by atoms with Crippen molar-refractivity contribution in [2.24, 2.45) is 15.4 Å². The average molecular weight is 491 g/mol. The maximum Gasteiger partial charge on any atom is 0.314 e. The van der Waals surface area contributed by atoms with Crippen LogP contribution in [-0.2, 0) is 23.1 Å². The molecule has 0 spiro atoms. The van der Waals surface area contributed by atoms with Gasteiger partial charge in [0.1, 0.15) is 5.54 Å². The molecule has 7 heteroatoms. The predicted molar refractivity (Wildman–Crippen MR) is 141 cm³/mol. The van der Waals surface area contributed by atoms with Gasteiger partial charge in [-0.2, -0.15) is 5.11 Å². The molecule has 4 aromatic rings. The van der Waals surface area contributed by atoms with Crippen molar-refractivity contribution in [3.05, 3.63) is 101 Å². The Bertz CT molecular complexity index is 1490. The van der Waals surface area contributed by atoms with Crippen LogP contribution in [0.15, 0.2) is 98.8 Å². The highest BCUT2D eigenvalue weighted by molar-refractivity contribution is 5.85. The molecule has 2 heterocycles. The molecule has 0 bridgehead atoms. The molecule has 1 fully saturated rings. The van der Waals surface area contributed by atoms with Crippen LogP contribution in [0.25, 0.3) is 22.5 Å². The van der Waals surface area contributed by atoms with Crippen LogP contribution in [0.5, 0.6) is 0 Å². The zero-order valence-corrected chi connectivity index (χ0v) is 20.5. The minimum Gasteiger partial charge on any atom is -0.481 e. The van der Waals surface area contributed by atoms with Gasteiger partial charge >= 0.3 is 5.97 Å². The fourth-order valence-corrected chi connectivity index (χ4v) is 5.12. The van der Waals surface area contributed by atoms with Gasteiger partial charge in [0.2, 0.25) is 0 Å². The first-order valence-corrected chi connectivity index (χ1v) is 12.4. The Kier molecular flexibility index (Phi) is 5.56. The van der Waals surface area contributed by atoms with Crippen LogP contribution in [0.1, 0.15) is 35.2 Å². The number of benzene rings is 3. The average Bonchev–Trinajstić information content (AvgIpc) is 3.51. The third kappa shape index (κ3) is 4.27. The van der Waals surface area contributed by atoms with Crippen LogP contribution in [0.2, 0.25) is 0 Å². The van der Waals surface area contributed by atoms with E-state index in [-0.39, 0.29) is 0 Å². The predicted octanol–water partition coefficient (Wildman–Crippen LogP) is 6.41. The highest BCUT2D eigenvalue weighted by Crippen LogP contribution is 2.48. The summed E-state index contributed by atoms with van der Waals surface area (Å²) in [7, 11) is 0. The molecule has 0 radical (unpaired) electrons. The highest BCUT2D eigenvalue weighted by atomic mass is 16.5. The number of hydrogen-bond donors (Lipinski definition) is 1. The molecule has 0 saturated heterocycles. The third-order valence-electron chi connectivity index (χ3n) is 7.49. The number of nitrogens with zero attached hydrogens (tertiary/aromatic N) is 4. The van der Waals surface area contributed by atoms with Gasteiger partial charge in [-0.15, -0.1) is 5.10 Å². The zero-order valence-electron chi connectivity index (χ0n) is 20.5. The van der Waals surface area contributed by atoms with E-state index in [4.69, 9.17) is 4.52 Å². The van der Waals surface area contributed by atoms with Gasteiger partial charge in [-0.3, -0.25) is 4.79 Å². The van der Waals surface area contributed by atoms with Crippen LogP contribution in [0.4, 0.5) is 0 Å². The van der Waals surface area contributed by atoms with Crippen molar-refractivity contribution < 1.29 is 14.4 Å². The molecule has 184 valence electrons. The molecule has 1 saturated carbocycles. The van der Waals surface area contributed by atoms with E-state index in [9.17, 15) is 9.90 Å². The molecule has 6 rings (SSSR count). The van der Waals surface area contributed by atoms with Gasteiger partial charge in [0, 0.05) is 24.0 Å². The number of aromatic nitrogens is 1. The van der Waals surface area contributed by atoms with Gasteiger partial charge in [-0.1, -0.05) is 84.0 Å². The number of carboxylic acids is 1. The standard InChI is InChI=1S/C30H26N4O3/c1-20-26(18-29(19-31-34-33-29)17-21-5-3-2-4-6-21)27(37-32-20)24-9-7-22(8-10-24)23-11-13-25(14-12-23)30(15-16-30)28(35)36/h2-14,19H,15-18H2,1H3,(H,35,36). The van der Waals surface area contributed by atoms with Crippen molar-refractivity contribution in [1.82, 2.24) is 5.16 Å². The molecule has 37 heavy (non-hydrogen) atoms. The molecule has 0 amide bonds. The molecule has 2 aliphatic rings. The van der Waals surface area contributed by atoms with E-state index in [0.717, 1.165) is 44.8 Å². The molecule has 1 N–H and O–H groups in total. The first-order valence-electron chi connectivity index (χ1n) is 12.4. The number of rotatable bonds is 8. The van der Waals surface area contributed by atoms with Crippen molar-refractivity contribution in [2.75, 3.05) is 0 Å². The Balaban J connectivity index is 1.25. The summed E-state index contributed by atoms with van der Waals surface area (Å²) in [6.07, 6.45) is 4.49. The van der Waals surface area contributed by atoms with Crippen molar-refractivity contribution in [1.29, 1.82) is 0 Å². The number of carboxylic acid groups (broad SMARTS) is 1. The third-order valence-corrected chi connectivity index (χ3v) is 7.49.